The highest BCUT2D eigenvalue weighted by molar-refractivity contribution is 5.87. The maximum Gasteiger partial charge on any atom is 0.362 e. The van der Waals surface area contributed by atoms with Crippen molar-refractivity contribution < 1.29 is 13.9 Å². The predicted molar refractivity (Wildman–Crippen MR) is 63.4 cm³/mol. The third kappa shape index (κ3) is 1.93. The lowest BCUT2D eigenvalue weighted by Gasteiger charge is -2.10. The van der Waals surface area contributed by atoms with Gasteiger partial charge in [0.05, 0.1) is 23.8 Å². The van der Waals surface area contributed by atoms with Crippen LogP contribution >= 0.6 is 0 Å². The van der Waals surface area contributed by atoms with Crippen LogP contribution in [0.5, 0.6) is 0 Å². The minimum Gasteiger partial charge on any atom is -0.462 e. The lowest BCUT2D eigenvalue weighted by Crippen LogP contribution is -2.17. The second-order valence-electron chi connectivity index (χ2n) is 3.66. The van der Waals surface area contributed by atoms with Crippen molar-refractivity contribution in [3.05, 3.63) is 36.0 Å². The fourth-order valence-electron chi connectivity index (χ4n) is 1.81. The number of rotatable bonds is 3. The minimum absolute atomic E-state index is 0.127. The summed E-state index contributed by atoms with van der Waals surface area (Å²) in [6, 6.07) is 8.58. The molecule has 0 saturated heterocycles. The minimum atomic E-state index is -1.89. The van der Waals surface area contributed by atoms with Crippen LogP contribution in [0.3, 0.4) is 0 Å². The Bertz CT molecular complexity index is 627. The molecule has 0 aliphatic rings. The first kappa shape index (κ1) is 12.1. The Morgan fingerprint density at radius 1 is 1.56 bits per heavy atom. The smallest absolute Gasteiger partial charge is 0.362 e. The molecule has 4 nitrogen and oxygen atoms in total. The second kappa shape index (κ2) is 4.88. The molecular weight excluding hydrogens is 235 g/mol. The largest absolute Gasteiger partial charge is 0.462 e. The molecule has 0 radical (unpaired) electrons. The fourth-order valence-corrected chi connectivity index (χ4v) is 1.81. The molecule has 0 fully saturated rings. The monoisotopic (exact) mass is 246 g/mol. The highest BCUT2D eigenvalue weighted by Crippen LogP contribution is 2.24. The topological polar surface area (TPSA) is 55.0 Å². The molecule has 0 N–H and O–H groups in total. The predicted octanol–water partition coefficient (Wildman–Crippen LogP) is 2.54. The molecule has 2 aromatic rings. The van der Waals surface area contributed by atoms with Gasteiger partial charge >= 0.3 is 5.97 Å². The Hall–Kier alpha value is -2.35. The number of nitriles is 1. The van der Waals surface area contributed by atoms with Crippen LogP contribution in [0.2, 0.25) is 0 Å². The van der Waals surface area contributed by atoms with Gasteiger partial charge in [-0.1, -0.05) is 6.07 Å². The van der Waals surface area contributed by atoms with Gasteiger partial charge in [0, 0.05) is 11.6 Å². The zero-order valence-electron chi connectivity index (χ0n) is 9.76. The van der Waals surface area contributed by atoms with Gasteiger partial charge in [-0.05, 0) is 25.1 Å². The van der Waals surface area contributed by atoms with Crippen molar-refractivity contribution in [3.8, 4) is 6.07 Å². The first-order chi connectivity index (χ1) is 8.69. The summed E-state index contributed by atoms with van der Waals surface area (Å²) in [5.41, 5.74) is 0.942. The SMILES string of the molecule is CCOC(=O)C(F)n1ccc2c(C#N)cccc21. The third-order valence-corrected chi connectivity index (χ3v) is 2.61. The van der Waals surface area contributed by atoms with Gasteiger partial charge < -0.3 is 9.30 Å². The number of carbonyl (C=O) groups is 1. The van der Waals surface area contributed by atoms with E-state index in [2.05, 4.69) is 4.74 Å². The lowest BCUT2D eigenvalue weighted by molar-refractivity contribution is -0.152. The van der Waals surface area contributed by atoms with Gasteiger partial charge in [-0.25, -0.2) is 9.18 Å². The summed E-state index contributed by atoms with van der Waals surface area (Å²) < 4.78 is 19.7. The molecule has 18 heavy (non-hydrogen) atoms. The molecule has 1 heterocycles. The molecule has 1 aromatic heterocycles. The Morgan fingerprint density at radius 2 is 2.33 bits per heavy atom. The number of hydrogen-bond acceptors (Lipinski definition) is 3. The highest BCUT2D eigenvalue weighted by Gasteiger charge is 2.22. The Kier molecular flexibility index (Phi) is 3.28. The third-order valence-electron chi connectivity index (χ3n) is 2.61. The average molecular weight is 246 g/mol. The van der Waals surface area contributed by atoms with Crippen LogP contribution in [0.15, 0.2) is 30.5 Å². The number of benzene rings is 1. The number of ether oxygens (including phenoxy) is 1. The molecule has 0 spiro atoms. The summed E-state index contributed by atoms with van der Waals surface area (Å²) in [6.07, 6.45) is -0.455. The van der Waals surface area contributed by atoms with Gasteiger partial charge in [0.2, 0.25) is 0 Å². The quantitative estimate of drug-likeness (QED) is 0.782. The summed E-state index contributed by atoms with van der Waals surface area (Å²) in [7, 11) is 0. The van der Waals surface area contributed by atoms with Gasteiger partial charge in [-0.15, -0.1) is 0 Å². The van der Waals surface area contributed by atoms with Crippen molar-refractivity contribution in [1.29, 1.82) is 5.26 Å². The molecule has 0 aliphatic carbocycles. The molecular formula is C13H11FN2O2. The molecule has 1 atom stereocenters. The van der Waals surface area contributed by atoms with Crippen LogP contribution in [0.4, 0.5) is 4.39 Å². The maximum absolute atomic E-state index is 13.9. The normalized spacial score (nSPS) is 12.1. The summed E-state index contributed by atoms with van der Waals surface area (Å²) in [4.78, 5) is 11.4. The van der Waals surface area contributed by atoms with E-state index in [1.54, 1.807) is 31.2 Å². The van der Waals surface area contributed by atoms with E-state index in [-0.39, 0.29) is 6.61 Å². The molecule has 1 aromatic carbocycles. The molecule has 0 bridgehead atoms. The van der Waals surface area contributed by atoms with Crippen LogP contribution in [0, 0.1) is 11.3 Å². The molecule has 0 aliphatic heterocycles. The Labute approximate surface area is 103 Å². The summed E-state index contributed by atoms with van der Waals surface area (Å²) >= 11 is 0. The number of aromatic nitrogens is 1. The van der Waals surface area contributed by atoms with Crippen LogP contribution in [-0.4, -0.2) is 17.1 Å². The van der Waals surface area contributed by atoms with Crippen molar-refractivity contribution in [3.63, 3.8) is 0 Å². The maximum atomic E-state index is 13.9. The zero-order chi connectivity index (χ0) is 13.1. The first-order valence-electron chi connectivity index (χ1n) is 5.49. The number of alkyl halides is 1. The van der Waals surface area contributed by atoms with E-state index in [9.17, 15) is 9.18 Å². The summed E-state index contributed by atoms with van der Waals surface area (Å²) in [6.45, 7) is 1.74. The Morgan fingerprint density at radius 3 is 3.00 bits per heavy atom. The summed E-state index contributed by atoms with van der Waals surface area (Å²) in [5.74, 6) is -0.933. The molecule has 92 valence electrons. The van der Waals surface area contributed by atoms with Crippen LogP contribution < -0.4 is 0 Å². The molecule has 1 unspecified atom stereocenters. The number of halogens is 1. The van der Waals surface area contributed by atoms with Gasteiger partial charge in [-0.3, -0.25) is 0 Å². The van der Waals surface area contributed by atoms with E-state index in [4.69, 9.17) is 5.26 Å². The van der Waals surface area contributed by atoms with Crippen molar-refractivity contribution in [2.75, 3.05) is 6.61 Å². The number of carbonyl (C=O) groups excluding carboxylic acids is 1. The van der Waals surface area contributed by atoms with Crippen molar-refractivity contribution in [1.82, 2.24) is 4.57 Å². The summed E-state index contributed by atoms with van der Waals surface area (Å²) in [5, 5.41) is 9.55. The van der Waals surface area contributed by atoms with Crippen molar-refractivity contribution in [2.24, 2.45) is 0 Å². The van der Waals surface area contributed by atoms with E-state index in [0.29, 0.717) is 16.5 Å². The first-order valence-corrected chi connectivity index (χ1v) is 5.49. The highest BCUT2D eigenvalue weighted by atomic mass is 19.1. The van der Waals surface area contributed by atoms with E-state index in [1.807, 2.05) is 6.07 Å². The number of esters is 1. The molecule has 2 rings (SSSR count). The Balaban J connectivity index is 2.47. The van der Waals surface area contributed by atoms with Gasteiger partial charge in [0.1, 0.15) is 0 Å². The lowest BCUT2D eigenvalue weighted by atomic mass is 10.1. The number of nitrogens with zero attached hydrogens (tertiary/aromatic N) is 2. The van der Waals surface area contributed by atoms with Crippen molar-refractivity contribution >= 4 is 16.9 Å². The van der Waals surface area contributed by atoms with Gasteiger partial charge in [0.15, 0.2) is 0 Å². The number of fused-ring (bicyclic) bond motifs is 1. The fraction of sp³-hybridized carbons (Fsp3) is 0.231. The van der Waals surface area contributed by atoms with Crippen LogP contribution in [0.25, 0.3) is 10.9 Å². The van der Waals surface area contributed by atoms with E-state index >= 15 is 0 Å². The average Bonchev–Trinajstić information content (AvgIpc) is 2.81. The molecule has 0 saturated carbocycles. The standard InChI is InChI=1S/C13H11FN2O2/c1-2-18-13(17)12(14)16-7-6-10-9(8-15)4-3-5-11(10)16/h3-7,12H,2H2,1H3. The van der Waals surface area contributed by atoms with Gasteiger partial charge in [0.25, 0.3) is 6.30 Å². The molecule has 0 amide bonds. The molecule has 5 heteroatoms. The number of hydrogen-bond donors (Lipinski definition) is 0. The zero-order valence-corrected chi connectivity index (χ0v) is 9.76. The van der Waals surface area contributed by atoms with Crippen LogP contribution in [0.1, 0.15) is 18.8 Å². The van der Waals surface area contributed by atoms with E-state index in [1.165, 1.54) is 6.20 Å². The van der Waals surface area contributed by atoms with E-state index in [0.717, 1.165) is 4.57 Å². The van der Waals surface area contributed by atoms with Gasteiger partial charge in [-0.2, -0.15) is 5.26 Å². The van der Waals surface area contributed by atoms with Crippen LogP contribution in [-0.2, 0) is 9.53 Å². The van der Waals surface area contributed by atoms with E-state index < -0.39 is 12.3 Å². The van der Waals surface area contributed by atoms with Crippen molar-refractivity contribution in [2.45, 2.75) is 13.2 Å². The second-order valence-corrected chi connectivity index (χ2v) is 3.66.